The van der Waals surface area contributed by atoms with Crippen molar-refractivity contribution in [2.75, 3.05) is 0 Å². The maximum atomic E-state index is 13.1. The smallest absolute Gasteiger partial charge is 0.352 e. The summed E-state index contributed by atoms with van der Waals surface area (Å²) in [6.45, 7) is 6.98. The van der Waals surface area contributed by atoms with Crippen LogP contribution in [0.25, 0.3) is 0 Å². The Bertz CT molecular complexity index is 520. The van der Waals surface area contributed by atoms with E-state index in [0.29, 0.717) is 0 Å². The zero-order chi connectivity index (χ0) is 17.1. The third kappa shape index (κ3) is 5.70. The average molecular weight is 353 g/mol. The van der Waals surface area contributed by atoms with E-state index in [-0.39, 0.29) is 29.8 Å². The molecule has 1 aromatic rings. The van der Waals surface area contributed by atoms with E-state index in [1.807, 2.05) is 13.8 Å². The fourth-order valence-corrected chi connectivity index (χ4v) is 2.17. The monoisotopic (exact) mass is 352 g/mol. The lowest BCUT2D eigenvalue weighted by Gasteiger charge is -2.26. The summed E-state index contributed by atoms with van der Waals surface area (Å²) in [6, 6.07) is 4.29. The van der Waals surface area contributed by atoms with Crippen molar-refractivity contribution in [3.05, 3.63) is 35.4 Å². The molecule has 1 rings (SSSR count). The molecule has 3 atom stereocenters. The van der Waals surface area contributed by atoms with Gasteiger partial charge in [-0.2, -0.15) is 13.2 Å². The van der Waals surface area contributed by atoms with Crippen LogP contribution in [0.15, 0.2) is 24.3 Å². The van der Waals surface area contributed by atoms with Gasteiger partial charge in [0.1, 0.15) is 0 Å². The molecule has 0 saturated heterocycles. The van der Waals surface area contributed by atoms with Crippen molar-refractivity contribution in [3.8, 4) is 0 Å². The maximum Gasteiger partial charge on any atom is 0.416 e. The number of hydrogen-bond acceptors (Lipinski definition) is 2. The predicted molar refractivity (Wildman–Crippen MR) is 87.5 cm³/mol. The SMILES string of the molecule is CC(NC(=O)[C@@H](N)C(C)C)C(C)c1ccccc1C(F)(F)F.Cl. The summed E-state index contributed by atoms with van der Waals surface area (Å²) in [5.74, 6) is -0.870. The van der Waals surface area contributed by atoms with Crippen LogP contribution < -0.4 is 11.1 Å². The number of rotatable bonds is 5. The van der Waals surface area contributed by atoms with Crippen LogP contribution in [0.1, 0.15) is 44.7 Å². The van der Waals surface area contributed by atoms with Crippen molar-refractivity contribution in [2.24, 2.45) is 11.7 Å². The molecule has 0 heterocycles. The standard InChI is InChI=1S/C16H23F3N2O.ClH/c1-9(2)14(20)15(22)21-11(4)10(3)12-7-5-6-8-13(12)16(17,18)19;/h5-11,14H,20H2,1-4H3,(H,21,22);1H/t10?,11?,14-;/m0./s1. The molecule has 0 fully saturated rings. The van der Waals surface area contributed by atoms with E-state index in [9.17, 15) is 18.0 Å². The number of nitrogens with one attached hydrogen (secondary N) is 1. The molecule has 132 valence electrons. The van der Waals surface area contributed by atoms with E-state index in [4.69, 9.17) is 5.73 Å². The first-order valence-corrected chi connectivity index (χ1v) is 7.27. The van der Waals surface area contributed by atoms with Crippen LogP contribution in [0.2, 0.25) is 0 Å². The Balaban J connectivity index is 0.00000484. The fraction of sp³-hybridized carbons (Fsp3) is 0.562. The number of nitrogens with two attached hydrogens (primary N) is 1. The minimum Gasteiger partial charge on any atom is -0.352 e. The molecule has 1 aromatic carbocycles. The molecule has 0 radical (unpaired) electrons. The highest BCUT2D eigenvalue weighted by Crippen LogP contribution is 2.35. The van der Waals surface area contributed by atoms with Gasteiger partial charge in [-0.25, -0.2) is 0 Å². The van der Waals surface area contributed by atoms with Crippen LogP contribution in [0.3, 0.4) is 0 Å². The average Bonchev–Trinajstić information content (AvgIpc) is 2.44. The Morgan fingerprint density at radius 1 is 1.13 bits per heavy atom. The maximum absolute atomic E-state index is 13.1. The largest absolute Gasteiger partial charge is 0.416 e. The van der Waals surface area contributed by atoms with E-state index >= 15 is 0 Å². The summed E-state index contributed by atoms with van der Waals surface area (Å²) in [6.07, 6.45) is -4.41. The lowest BCUT2D eigenvalue weighted by atomic mass is 9.90. The molecule has 3 nitrogen and oxygen atoms in total. The number of hydrogen-bond donors (Lipinski definition) is 2. The van der Waals surface area contributed by atoms with E-state index in [1.165, 1.54) is 12.1 Å². The summed E-state index contributed by atoms with van der Waals surface area (Å²) >= 11 is 0. The predicted octanol–water partition coefficient (Wildman–Crippen LogP) is 3.72. The first-order valence-electron chi connectivity index (χ1n) is 7.27. The summed E-state index contributed by atoms with van der Waals surface area (Å²) in [5.41, 5.74) is 5.25. The topological polar surface area (TPSA) is 55.1 Å². The number of halogens is 4. The first-order chi connectivity index (χ1) is 10.1. The Kier molecular flexibility index (Phi) is 8.07. The number of alkyl halides is 3. The molecule has 0 aliphatic heterocycles. The van der Waals surface area contributed by atoms with Crippen molar-refractivity contribution in [3.63, 3.8) is 0 Å². The van der Waals surface area contributed by atoms with E-state index in [0.717, 1.165) is 6.07 Å². The zero-order valence-electron chi connectivity index (χ0n) is 13.6. The molecule has 0 saturated carbocycles. The highest BCUT2D eigenvalue weighted by Gasteiger charge is 2.35. The molecule has 3 N–H and O–H groups in total. The van der Waals surface area contributed by atoms with Gasteiger partial charge in [-0.15, -0.1) is 12.4 Å². The number of carbonyl (C=O) groups is 1. The first kappa shape index (κ1) is 21.7. The Morgan fingerprint density at radius 3 is 2.13 bits per heavy atom. The second-order valence-corrected chi connectivity index (χ2v) is 5.94. The molecule has 0 aliphatic carbocycles. The van der Waals surface area contributed by atoms with Crippen molar-refractivity contribution in [2.45, 2.75) is 51.9 Å². The van der Waals surface area contributed by atoms with Crippen LogP contribution in [0.4, 0.5) is 13.2 Å². The Labute approximate surface area is 141 Å². The zero-order valence-corrected chi connectivity index (χ0v) is 14.5. The molecular formula is C16H24ClF3N2O. The second kappa shape index (κ2) is 8.55. The van der Waals surface area contributed by atoms with Crippen LogP contribution in [-0.4, -0.2) is 18.0 Å². The minimum absolute atomic E-state index is 0. The van der Waals surface area contributed by atoms with Crippen molar-refractivity contribution in [1.29, 1.82) is 0 Å². The molecule has 1 amide bonds. The quantitative estimate of drug-likeness (QED) is 0.848. The molecule has 7 heteroatoms. The van der Waals surface area contributed by atoms with Gasteiger partial charge in [-0.05, 0) is 24.5 Å². The van der Waals surface area contributed by atoms with Crippen molar-refractivity contribution < 1.29 is 18.0 Å². The van der Waals surface area contributed by atoms with E-state index in [2.05, 4.69) is 5.32 Å². The normalized spacial score (nSPS) is 15.5. The van der Waals surface area contributed by atoms with Crippen LogP contribution in [-0.2, 0) is 11.0 Å². The summed E-state index contributed by atoms with van der Waals surface area (Å²) < 4.78 is 39.2. The van der Waals surface area contributed by atoms with E-state index in [1.54, 1.807) is 19.9 Å². The lowest BCUT2D eigenvalue weighted by Crippen LogP contribution is -2.48. The van der Waals surface area contributed by atoms with Gasteiger partial charge >= 0.3 is 6.18 Å². The minimum atomic E-state index is -4.41. The number of benzene rings is 1. The number of amides is 1. The van der Waals surface area contributed by atoms with Gasteiger partial charge in [-0.1, -0.05) is 39.0 Å². The van der Waals surface area contributed by atoms with Gasteiger partial charge in [0.2, 0.25) is 5.91 Å². The van der Waals surface area contributed by atoms with Crippen LogP contribution >= 0.6 is 12.4 Å². The summed E-state index contributed by atoms with van der Waals surface area (Å²) in [7, 11) is 0. The molecular weight excluding hydrogens is 329 g/mol. The number of carbonyl (C=O) groups excluding carboxylic acids is 1. The van der Waals surface area contributed by atoms with E-state index < -0.39 is 29.7 Å². The second-order valence-electron chi connectivity index (χ2n) is 5.94. The lowest BCUT2D eigenvalue weighted by molar-refractivity contribution is -0.138. The summed E-state index contributed by atoms with van der Waals surface area (Å²) in [5, 5.41) is 2.71. The highest BCUT2D eigenvalue weighted by atomic mass is 35.5. The van der Waals surface area contributed by atoms with Crippen LogP contribution in [0.5, 0.6) is 0 Å². The van der Waals surface area contributed by atoms with Gasteiger partial charge < -0.3 is 11.1 Å². The Morgan fingerprint density at radius 2 is 1.65 bits per heavy atom. The molecule has 0 bridgehead atoms. The van der Waals surface area contributed by atoms with Gasteiger partial charge in [0.15, 0.2) is 0 Å². The third-order valence-corrected chi connectivity index (χ3v) is 3.90. The van der Waals surface area contributed by atoms with Gasteiger partial charge in [0, 0.05) is 12.0 Å². The molecule has 2 unspecified atom stereocenters. The third-order valence-electron chi connectivity index (χ3n) is 3.90. The van der Waals surface area contributed by atoms with Crippen molar-refractivity contribution in [1.82, 2.24) is 5.32 Å². The fourth-order valence-electron chi connectivity index (χ4n) is 2.17. The van der Waals surface area contributed by atoms with Gasteiger partial charge in [0.25, 0.3) is 0 Å². The van der Waals surface area contributed by atoms with Gasteiger partial charge in [-0.3, -0.25) is 4.79 Å². The molecule has 0 aromatic heterocycles. The van der Waals surface area contributed by atoms with Crippen LogP contribution in [0, 0.1) is 5.92 Å². The molecule has 0 spiro atoms. The summed E-state index contributed by atoms with van der Waals surface area (Å²) in [4.78, 5) is 12.0. The molecule has 0 aliphatic rings. The highest BCUT2D eigenvalue weighted by molar-refractivity contribution is 5.85. The van der Waals surface area contributed by atoms with Gasteiger partial charge in [0.05, 0.1) is 11.6 Å². The van der Waals surface area contributed by atoms with Crippen molar-refractivity contribution >= 4 is 18.3 Å². The molecule has 23 heavy (non-hydrogen) atoms. The Hall–Kier alpha value is -1.27.